The quantitative estimate of drug-likeness (QED) is 0.257. The Balaban J connectivity index is 1.31. The second kappa shape index (κ2) is 11.1. The average Bonchev–Trinajstić information content (AvgIpc) is 3.27. The lowest BCUT2D eigenvalue weighted by Crippen LogP contribution is -2.44. The van der Waals surface area contributed by atoms with Gasteiger partial charge < -0.3 is 21.0 Å². The number of fused-ring (bicyclic) bond motifs is 2. The van der Waals surface area contributed by atoms with Gasteiger partial charge in [0.1, 0.15) is 5.71 Å². The first-order chi connectivity index (χ1) is 17.0. The molecular weight excluding hydrogens is 444 g/mol. The second-order valence-electron chi connectivity index (χ2n) is 9.08. The standard InChI is InChI=1S/C25H32N8O2/c1-17(34)32(9-4-7-21(13-26)31-27)16-24(35)33-10-8-23-20(15-33)14-28-25(30-23)29-22-11-18-5-2-3-6-19(18)12-22/h2-3,5-6,13-14,22,26H,4,7-12,15-16,27H2,1H3,(H,28,29,30)/p+1/b26-13?,31-21-. The van der Waals surface area contributed by atoms with E-state index in [2.05, 4.69) is 39.7 Å². The van der Waals surface area contributed by atoms with Crippen LogP contribution in [0.5, 0.6) is 0 Å². The van der Waals surface area contributed by atoms with Gasteiger partial charge >= 0.3 is 0 Å². The number of nitrogens with two attached hydrogens (primary N) is 2. The molecule has 0 bridgehead atoms. The number of nitrogens with one attached hydrogen (secondary N) is 1. The highest BCUT2D eigenvalue weighted by Crippen LogP contribution is 2.24. The number of hydrogen-bond donors (Lipinski definition) is 3. The molecule has 35 heavy (non-hydrogen) atoms. The van der Waals surface area contributed by atoms with Crippen molar-refractivity contribution >= 4 is 29.7 Å². The molecule has 0 saturated heterocycles. The summed E-state index contributed by atoms with van der Waals surface area (Å²) >= 11 is 0. The van der Waals surface area contributed by atoms with E-state index in [1.54, 1.807) is 9.80 Å². The van der Waals surface area contributed by atoms with Crippen molar-refractivity contribution in [3.63, 3.8) is 0 Å². The van der Waals surface area contributed by atoms with Crippen LogP contribution in [0.4, 0.5) is 5.95 Å². The van der Waals surface area contributed by atoms with Crippen LogP contribution in [0.25, 0.3) is 0 Å². The van der Waals surface area contributed by atoms with E-state index in [0.717, 1.165) is 24.1 Å². The van der Waals surface area contributed by atoms with Crippen LogP contribution in [0.15, 0.2) is 35.6 Å². The van der Waals surface area contributed by atoms with Gasteiger partial charge in [-0.1, -0.05) is 24.3 Å². The molecule has 1 aromatic carbocycles. The Morgan fingerprint density at radius 3 is 2.69 bits per heavy atom. The molecule has 10 nitrogen and oxygen atoms in total. The molecule has 10 heteroatoms. The van der Waals surface area contributed by atoms with Crippen LogP contribution in [-0.4, -0.2) is 69.2 Å². The first-order valence-corrected chi connectivity index (χ1v) is 12.0. The largest absolute Gasteiger partial charge is 0.351 e. The third kappa shape index (κ3) is 6.00. The molecule has 2 amide bonds. The van der Waals surface area contributed by atoms with Crippen LogP contribution in [0.3, 0.4) is 0 Å². The van der Waals surface area contributed by atoms with Gasteiger partial charge in [-0.2, -0.15) is 5.10 Å². The van der Waals surface area contributed by atoms with Crippen LogP contribution in [0.1, 0.15) is 42.1 Å². The number of hydrogen-bond acceptors (Lipinski definition) is 7. The number of benzene rings is 1. The minimum Gasteiger partial charge on any atom is -0.351 e. The highest BCUT2D eigenvalue weighted by atomic mass is 16.2. The summed E-state index contributed by atoms with van der Waals surface area (Å²) in [5, 5.41) is 12.5. The average molecular weight is 478 g/mol. The van der Waals surface area contributed by atoms with Gasteiger partial charge in [-0.25, -0.2) is 9.97 Å². The maximum absolute atomic E-state index is 12.9. The van der Waals surface area contributed by atoms with Gasteiger partial charge in [0.15, 0.2) is 6.21 Å². The third-order valence-corrected chi connectivity index (χ3v) is 6.66. The summed E-state index contributed by atoms with van der Waals surface area (Å²) < 4.78 is 0. The van der Waals surface area contributed by atoms with E-state index in [1.807, 2.05) is 6.20 Å². The Morgan fingerprint density at radius 1 is 1.29 bits per heavy atom. The van der Waals surface area contributed by atoms with Gasteiger partial charge in [-0.05, 0) is 36.8 Å². The number of carbonyl (C=O) groups is 2. The predicted octanol–water partition coefficient (Wildman–Crippen LogP) is -0.286. The number of anilines is 1. The molecule has 2 aliphatic rings. The van der Waals surface area contributed by atoms with E-state index in [-0.39, 0.29) is 18.4 Å². The van der Waals surface area contributed by atoms with E-state index in [4.69, 9.17) is 16.2 Å². The van der Waals surface area contributed by atoms with Gasteiger partial charge in [-0.3, -0.25) is 15.0 Å². The molecule has 1 aromatic heterocycles. The minimum atomic E-state index is -0.146. The normalized spacial score (nSPS) is 15.3. The molecule has 0 radical (unpaired) electrons. The lowest BCUT2D eigenvalue weighted by Gasteiger charge is -2.30. The molecule has 1 aliphatic heterocycles. The predicted molar refractivity (Wildman–Crippen MR) is 134 cm³/mol. The van der Waals surface area contributed by atoms with Crippen LogP contribution >= 0.6 is 0 Å². The number of rotatable bonds is 9. The SMILES string of the molecule is CC(=O)N(CCC/C(C=[NH2+])=N/N)CC(=O)N1CCc2nc(NC3Cc4ccccc4C3)ncc2C1. The smallest absolute Gasteiger partial charge is 0.242 e. The van der Waals surface area contributed by atoms with Crippen LogP contribution < -0.4 is 16.6 Å². The molecule has 0 unspecified atom stereocenters. The maximum Gasteiger partial charge on any atom is 0.242 e. The topological polar surface area (TPSA) is 142 Å². The van der Waals surface area contributed by atoms with E-state index >= 15 is 0 Å². The van der Waals surface area contributed by atoms with Crippen molar-refractivity contribution in [2.75, 3.05) is 25.0 Å². The molecule has 2 aromatic rings. The zero-order valence-corrected chi connectivity index (χ0v) is 20.1. The Kier molecular flexibility index (Phi) is 7.69. The maximum atomic E-state index is 12.9. The summed E-state index contributed by atoms with van der Waals surface area (Å²) in [6, 6.07) is 8.79. The molecule has 0 spiro atoms. The molecule has 5 N–H and O–H groups in total. The molecular formula is C25H33N8O2+. The Hall–Kier alpha value is -3.82. The molecule has 0 atom stereocenters. The van der Waals surface area contributed by atoms with Crippen molar-refractivity contribution in [1.29, 1.82) is 0 Å². The highest BCUT2D eigenvalue weighted by Gasteiger charge is 2.26. The van der Waals surface area contributed by atoms with Crippen LogP contribution in [0.2, 0.25) is 0 Å². The Labute approximate surface area is 205 Å². The fourth-order valence-corrected chi connectivity index (χ4v) is 4.70. The summed E-state index contributed by atoms with van der Waals surface area (Å²) in [5.41, 5.74) is 5.24. The monoisotopic (exact) mass is 477 g/mol. The van der Waals surface area contributed by atoms with Crippen molar-refractivity contribution < 1.29 is 15.0 Å². The number of carbonyl (C=O) groups excluding carboxylic acids is 2. The van der Waals surface area contributed by atoms with Crippen molar-refractivity contribution in [2.24, 2.45) is 10.9 Å². The Bertz CT molecular complexity index is 1110. The lowest BCUT2D eigenvalue weighted by atomic mass is 10.1. The molecule has 1 aliphatic carbocycles. The van der Waals surface area contributed by atoms with Gasteiger partial charge in [0.05, 0.1) is 12.2 Å². The van der Waals surface area contributed by atoms with E-state index in [0.29, 0.717) is 56.6 Å². The summed E-state index contributed by atoms with van der Waals surface area (Å²) in [6.07, 6.45) is 6.92. The molecule has 184 valence electrons. The lowest BCUT2D eigenvalue weighted by molar-refractivity contribution is -0.140. The molecule has 0 saturated carbocycles. The van der Waals surface area contributed by atoms with E-state index < -0.39 is 0 Å². The highest BCUT2D eigenvalue weighted by molar-refractivity contribution is 6.28. The number of hydrazone groups is 1. The summed E-state index contributed by atoms with van der Waals surface area (Å²) in [6.45, 7) is 2.95. The molecule has 2 heterocycles. The van der Waals surface area contributed by atoms with Crippen LogP contribution in [0, 0.1) is 0 Å². The second-order valence-corrected chi connectivity index (χ2v) is 9.08. The van der Waals surface area contributed by atoms with Crippen molar-refractivity contribution in [1.82, 2.24) is 19.8 Å². The molecule has 0 fully saturated rings. The van der Waals surface area contributed by atoms with Crippen molar-refractivity contribution in [3.8, 4) is 0 Å². The minimum absolute atomic E-state index is 0.0366. The fourth-order valence-electron chi connectivity index (χ4n) is 4.70. The van der Waals surface area contributed by atoms with E-state index in [9.17, 15) is 9.59 Å². The zero-order valence-electron chi connectivity index (χ0n) is 20.1. The first kappa shape index (κ1) is 24.3. The van der Waals surface area contributed by atoms with Gasteiger partial charge in [0, 0.05) is 50.8 Å². The summed E-state index contributed by atoms with van der Waals surface area (Å²) in [4.78, 5) is 37.6. The van der Waals surface area contributed by atoms with Gasteiger partial charge in [0.2, 0.25) is 17.8 Å². The van der Waals surface area contributed by atoms with Crippen molar-refractivity contribution in [2.45, 2.75) is 51.6 Å². The Morgan fingerprint density at radius 2 is 2.03 bits per heavy atom. The summed E-state index contributed by atoms with van der Waals surface area (Å²) in [7, 11) is 0. The van der Waals surface area contributed by atoms with Gasteiger partial charge in [0.25, 0.3) is 0 Å². The number of nitrogens with zero attached hydrogens (tertiary/aromatic N) is 5. The zero-order chi connectivity index (χ0) is 24.8. The number of amides is 2. The molecule has 4 rings (SSSR count). The summed E-state index contributed by atoms with van der Waals surface area (Å²) in [5.74, 6) is 5.67. The van der Waals surface area contributed by atoms with Gasteiger partial charge in [-0.15, -0.1) is 0 Å². The van der Waals surface area contributed by atoms with Crippen LogP contribution in [-0.2, 0) is 35.4 Å². The van der Waals surface area contributed by atoms with E-state index in [1.165, 1.54) is 24.3 Å². The third-order valence-electron chi connectivity index (χ3n) is 6.66. The first-order valence-electron chi connectivity index (χ1n) is 12.0. The number of aromatic nitrogens is 2. The van der Waals surface area contributed by atoms with Crippen molar-refractivity contribution in [3.05, 3.63) is 52.8 Å². The fraction of sp³-hybridized carbons (Fsp3) is 0.440.